The number of carbonyl (C=O) groups excluding carboxylic acids is 3. The number of halogens is 12. The molecule has 3 amide bonds. The number of hydrogen-bond donors (Lipinski definition) is 3. The molecule has 2 aliphatic rings. The van der Waals surface area contributed by atoms with Gasteiger partial charge in [0.1, 0.15) is 12.4 Å². The molecule has 0 aromatic heterocycles. The molecule has 7 nitrogen and oxygen atoms in total. The van der Waals surface area contributed by atoms with Crippen LogP contribution in [0.4, 0.5) is 56.6 Å². The van der Waals surface area contributed by atoms with E-state index in [2.05, 4.69) is 16.0 Å². The van der Waals surface area contributed by atoms with Gasteiger partial charge in [0.25, 0.3) is 17.7 Å². The second kappa shape index (κ2) is 17.6. The number of anilines is 3. The second-order valence-corrected chi connectivity index (χ2v) is 13.5. The average molecular weight is 877 g/mol. The zero-order chi connectivity index (χ0) is 42.6. The number of carbonyl (C=O) groups is 3. The van der Waals surface area contributed by atoms with E-state index in [1.165, 1.54) is 24.3 Å². The van der Waals surface area contributed by atoms with Gasteiger partial charge in [0, 0.05) is 33.8 Å². The minimum Gasteiger partial charge on any atom is -0.489 e. The van der Waals surface area contributed by atoms with Crippen LogP contribution in [-0.4, -0.2) is 24.3 Å². The first-order valence-corrected chi connectivity index (χ1v) is 17.6. The minimum absolute atomic E-state index is 0.0269. The van der Waals surface area contributed by atoms with Crippen LogP contribution in [0.3, 0.4) is 0 Å². The molecule has 0 aliphatic heterocycles. The van der Waals surface area contributed by atoms with Crippen LogP contribution < -0.4 is 16.0 Å². The SMILES string of the molecule is O=C(Nc1ccc(Cl)c(C(F)(F)F)c1)C1=CC(COC2=CCC(C(=O)Nc3ccc(Cl)c(C(F)(F)F)c3)=CC(C(=O)Nc3ccc(Cl)c(C(F)(F)F)c3)=C2)=CCC=C1. The second-order valence-electron chi connectivity index (χ2n) is 12.3. The summed E-state index contributed by atoms with van der Waals surface area (Å²) >= 11 is 17.1. The third-order valence-electron chi connectivity index (χ3n) is 8.12. The Bertz CT molecular complexity index is 2340. The summed E-state index contributed by atoms with van der Waals surface area (Å²) in [6.45, 7) is -0.270. The normalized spacial score (nSPS) is 14.8. The number of allylic oxidation sites excluding steroid dienone is 4. The Morgan fingerprint density at radius 2 is 1.03 bits per heavy atom. The molecule has 5 rings (SSSR count). The Balaban J connectivity index is 1.39. The number of benzene rings is 3. The summed E-state index contributed by atoms with van der Waals surface area (Å²) in [6.07, 6.45) is -4.81. The van der Waals surface area contributed by atoms with Gasteiger partial charge in [0.2, 0.25) is 0 Å². The Labute approximate surface area is 338 Å². The predicted molar refractivity (Wildman–Crippen MR) is 200 cm³/mol. The summed E-state index contributed by atoms with van der Waals surface area (Å²) < 4.78 is 127. The van der Waals surface area contributed by atoms with Crippen LogP contribution in [0.2, 0.25) is 15.1 Å². The lowest BCUT2D eigenvalue weighted by Crippen LogP contribution is -2.18. The fourth-order valence-electron chi connectivity index (χ4n) is 5.31. The van der Waals surface area contributed by atoms with Gasteiger partial charge < -0.3 is 20.7 Å². The molecule has 0 atom stereocenters. The standard InChI is InChI=1S/C39H25Cl3F9N3O4/c40-31-10-6-24(16-28(31)37(43,44)45)52-34(55)21-4-2-1-3-20(13-21)19-58-27-9-5-22(35(56)53-25-7-11-32(41)29(17-25)38(46,47)48)14-23(15-27)36(57)54-26-8-12-33(42)30(18-26)39(49,50)51/h2-4,6-18H,1,5,19H2,(H,52,55)(H,53,56)(H,54,57). The Kier molecular flexibility index (Phi) is 13.2. The fourth-order valence-corrected chi connectivity index (χ4v) is 5.98. The number of hydrogen-bond acceptors (Lipinski definition) is 4. The first-order chi connectivity index (χ1) is 27.1. The van der Waals surface area contributed by atoms with Gasteiger partial charge in [-0.25, -0.2) is 0 Å². The summed E-state index contributed by atoms with van der Waals surface area (Å²) in [4.78, 5) is 40.0. The van der Waals surface area contributed by atoms with Crippen molar-refractivity contribution in [2.45, 2.75) is 31.4 Å². The highest BCUT2D eigenvalue weighted by Crippen LogP contribution is 2.39. The number of rotatable bonds is 9. The van der Waals surface area contributed by atoms with E-state index >= 15 is 0 Å². The van der Waals surface area contributed by atoms with E-state index in [1.807, 2.05) is 0 Å². The zero-order valence-electron chi connectivity index (χ0n) is 29.0. The van der Waals surface area contributed by atoms with Crippen LogP contribution in [0, 0.1) is 0 Å². The highest BCUT2D eigenvalue weighted by Gasteiger charge is 2.35. The fraction of sp³-hybridized carbons (Fsp3) is 0.154. The van der Waals surface area contributed by atoms with Crippen LogP contribution in [0.15, 0.2) is 125 Å². The van der Waals surface area contributed by atoms with Gasteiger partial charge in [-0.1, -0.05) is 53.0 Å². The molecule has 0 bridgehead atoms. The van der Waals surface area contributed by atoms with Crippen molar-refractivity contribution in [2.75, 3.05) is 22.6 Å². The highest BCUT2D eigenvalue weighted by atomic mass is 35.5. The third-order valence-corrected chi connectivity index (χ3v) is 9.10. The number of alkyl halides is 9. The van der Waals surface area contributed by atoms with Gasteiger partial charge in [-0.15, -0.1) is 0 Å². The number of amides is 3. The Hall–Kier alpha value is -5.45. The average Bonchev–Trinajstić information content (AvgIpc) is 3.51. The van der Waals surface area contributed by atoms with Crippen LogP contribution in [-0.2, 0) is 37.6 Å². The van der Waals surface area contributed by atoms with Crippen molar-refractivity contribution in [3.05, 3.63) is 157 Å². The topological polar surface area (TPSA) is 96.5 Å². The molecule has 0 saturated heterocycles. The molecule has 3 N–H and O–H groups in total. The van der Waals surface area contributed by atoms with Crippen molar-refractivity contribution in [1.82, 2.24) is 0 Å². The van der Waals surface area contributed by atoms with E-state index < -0.39 is 68.0 Å². The summed E-state index contributed by atoms with van der Waals surface area (Å²) in [6, 6.07) is 8.12. The maximum atomic E-state index is 13.5. The van der Waals surface area contributed by atoms with Gasteiger partial charge in [-0.3, -0.25) is 14.4 Å². The van der Waals surface area contributed by atoms with Crippen molar-refractivity contribution in [2.24, 2.45) is 0 Å². The largest absolute Gasteiger partial charge is 0.489 e. The van der Waals surface area contributed by atoms with Crippen molar-refractivity contribution >= 4 is 69.6 Å². The lowest BCUT2D eigenvalue weighted by Gasteiger charge is -2.13. The number of ether oxygens (including phenoxy) is 1. The monoisotopic (exact) mass is 875 g/mol. The van der Waals surface area contributed by atoms with Crippen molar-refractivity contribution in [3.63, 3.8) is 0 Å². The zero-order valence-corrected chi connectivity index (χ0v) is 31.3. The first-order valence-electron chi connectivity index (χ1n) is 16.5. The van der Waals surface area contributed by atoms with E-state index in [1.54, 1.807) is 12.2 Å². The van der Waals surface area contributed by atoms with E-state index in [0.29, 0.717) is 30.2 Å². The molecule has 19 heteroatoms. The molecule has 0 fully saturated rings. The van der Waals surface area contributed by atoms with Gasteiger partial charge in [0.15, 0.2) is 0 Å². The minimum atomic E-state index is -4.87. The van der Waals surface area contributed by atoms with E-state index in [0.717, 1.165) is 42.5 Å². The molecule has 3 aromatic rings. The molecule has 58 heavy (non-hydrogen) atoms. The summed E-state index contributed by atoms with van der Waals surface area (Å²) in [7, 11) is 0. The van der Waals surface area contributed by atoms with Gasteiger partial charge in [0.05, 0.1) is 31.8 Å². The van der Waals surface area contributed by atoms with Crippen molar-refractivity contribution < 1.29 is 58.6 Å². The van der Waals surface area contributed by atoms with Crippen LogP contribution in [0.25, 0.3) is 0 Å². The van der Waals surface area contributed by atoms with Crippen molar-refractivity contribution in [1.29, 1.82) is 0 Å². The maximum Gasteiger partial charge on any atom is 0.417 e. The van der Waals surface area contributed by atoms with Crippen LogP contribution >= 0.6 is 34.8 Å². The van der Waals surface area contributed by atoms with Crippen LogP contribution in [0.1, 0.15) is 29.5 Å². The van der Waals surface area contributed by atoms with E-state index in [-0.39, 0.29) is 52.6 Å². The molecule has 2 aliphatic carbocycles. The van der Waals surface area contributed by atoms with Gasteiger partial charge in [-0.05, 0) is 97.3 Å². The lowest BCUT2D eigenvalue weighted by atomic mass is 10.1. The first kappa shape index (κ1) is 43.7. The summed E-state index contributed by atoms with van der Waals surface area (Å²) in [5, 5.41) is 5.18. The van der Waals surface area contributed by atoms with Crippen molar-refractivity contribution in [3.8, 4) is 0 Å². The molecular formula is C39H25Cl3F9N3O4. The molecule has 0 saturated carbocycles. The molecule has 0 radical (unpaired) electrons. The van der Waals surface area contributed by atoms with Gasteiger partial charge in [-0.2, -0.15) is 39.5 Å². The highest BCUT2D eigenvalue weighted by molar-refractivity contribution is 6.32. The predicted octanol–water partition coefficient (Wildman–Crippen LogP) is 11.9. The smallest absolute Gasteiger partial charge is 0.417 e. The Morgan fingerprint density at radius 3 is 1.50 bits per heavy atom. The van der Waals surface area contributed by atoms with E-state index in [9.17, 15) is 53.9 Å². The molecular weight excluding hydrogens is 852 g/mol. The summed E-state index contributed by atoms with van der Waals surface area (Å²) in [5.41, 5.74) is -4.50. The van der Waals surface area contributed by atoms with Crippen LogP contribution in [0.5, 0.6) is 0 Å². The lowest BCUT2D eigenvalue weighted by molar-refractivity contribution is -0.138. The molecule has 0 spiro atoms. The summed E-state index contributed by atoms with van der Waals surface area (Å²) in [5.74, 6) is -2.78. The molecule has 0 unspecified atom stereocenters. The maximum absolute atomic E-state index is 13.5. The van der Waals surface area contributed by atoms with E-state index in [4.69, 9.17) is 39.5 Å². The number of nitrogens with one attached hydrogen (secondary N) is 3. The van der Waals surface area contributed by atoms with Gasteiger partial charge >= 0.3 is 18.5 Å². The third kappa shape index (κ3) is 11.4. The quantitative estimate of drug-likeness (QED) is 0.187. The Morgan fingerprint density at radius 1 is 0.586 bits per heavy atom. The molecule has 3 aromatic carbocycles. The molecule has 0 heterocycles. The molecule has 304 valence electrons.